The monoisotopic (exact) mass is 262 g/mol. The largest absolute Gasteiger partial charge is 0.372 e. The van der Waals surface area contributed by atoms with Gasteiger partial charge in [0.2, 0.25) is 0 Å². The minimum atomic E-state index is 0.0473. The van der Waals surface area contributed by atoms with Gasteiger partial charge >= 0.3 is 0 Å². The lowest BCUT2D eigenvalue weighted by Crippen LogP contribution is -2.34. The molecule has 0 spiro atoms. The first-order chi connectivity index (χ1) is 9.27. The minimum Gasteiger partial charge on any atom is -0.372 e. The molecule has 4 nitrogen and oxygen atoms in total. The van der Waals surface area contributed by atoms with Crippen LogP contribution in [0.4, 0.5) is 5.69 Å². The van der Waals surface area contributed by atoms with Crippen LogP contribution < -0.4 is 10.2 Å². The molecule has 104 valence electrons. The van der Waals surface area contributed by atoms with E-state index in [1.54, 1.807) is 0 Å². The molecule has 0 aromatic heterocycles. The van der Waals surface area contributed by atoms with Crippen LogP contribution in [0.15, 0.2) is 24.3 Å². The van der Waals surface area contributed by atoms with Crippen LogP contribution in [0.2, 0.25) is 0 Å². The first kappa shape index (κ1) is 14.0. The van der Waals surface area contributed by atoms with E-state index in [0.29, 0.717) is 12.6 Å². The van der Waals surface area contributed by atoms with E-state index in [-0.39, 0.29) is 12.5 Å². The van der Waals surface area contributed by atoms with Gasteiger partial charge in [-0.1, -0.05) is 18.2 Å². The van der Waals surface area contributed by atoms with Crippen molar-refractivity contribution in [3.8, 4) is 0 Å². The number of carbonyl (C=O) groups excluding carboxylic acids is 1. The molecule has 1 aliphatic heterocycles. The van der Waals surface area contributed by atoms with Gasteiger partial charge in [0.25, 0.3) is 5.91 Å². The minimum absolute atomic E-state index is 0.0473. The predicted molar refractivity (Wildman–Crippen MR) is 76.3 cm³/mol. The lowest BCUT2D eigenvalue weighted by molar-refractivity contribution is -0.122. The van der Waals surface area contributed by atoms with Crippen molar-refractivity contribution in [1.82, 2.24) is 5.32 Å². The fraction of sp³-hybridized carbons (Fsp3) is 0.533. The fourth-order valence-corrected chi connectivity index (χ4v) is 2.58. The van der Waals surface area contributed by atoms with Gasteiger partial charge in [-0.05, 0) is 38.4 Å². The summed E-state index contributed by atoms with van der Waals surface area (Å²) in [4.78, 5) is 14.1. The first-order valence-electron chi connectivity index (χ1n) is 6.92. The van der Waals surface area contributed by atoms with E-state index in [0.717, 1.165) is 25.1 Å². The molecule has 1 aromatic carbocycles. The van der Waals surface area contributed by atoms with Crippen molar-refractivity contribution >= 4 is 11.6 Å². The van der Waals surface area contributed by atoms with Crippen molar-refractivity contribution in [2.24, 2.45) is 0 Å². The van der Waals surface area contributed by atoms with E-state index in [2.05, 4.69) is 11.4 Å². The first-order valence-corrected chi connectivity index (χ1v) is 6.92. The van der Waals surface area contributed by atoms with Gasteiger partial charge in [0.1, 0.15) is 6.61 Å². The number of carbonyl (C=O) groups is 1. The molecule has 1 amide bonds. The molecular weight excluding hydrogens is 240 g/mol. The number of nitrogens with zero attached hydrogens (tertiary/aromatic N) is 1. The summed E-state index contributed by atoms with van der Waals surface area (Å²) in [5.41, 5.74) is 2.22. The highest BCUT2D eigenvalue weighted by Crippen LogP contribution is 2.32. The second-order valence-electron chi connectivity index (χ2n) is 4.72. The summed E-state index contributed by atoms with van der Waals surface area (Å²) < 4.78 is 5.25. The molecular formula is C15H22N2O2. The lowest BCUT2D eigenvalue weighted by atomic mass is 10.0. The van der Waals surface area contributed by atoms with Gasteiger partial charge in [-0.15, -0.1) is 0 Å². The molecule has 0 saturated heterocycles. The Bertz CT molecular complexity index is 434. The molecule has 1 heterocycles. The Labute approximate surface area is 114 Å². The van der Waals surface area contributed by atoms with Gasteiger partial charge < -0.3 is 15.0 Å². The maximum atomic E-state index is 12.2. The highest BCUT2D eigenvalue weighted by Gasteiger charge is 2.25. The molecule has 0 radical (unpaired) electrons. The third-order valence-corrected chi connectivity index (χ3v) is 3.56. The number of fused-ring (bicyclic) bond motifs is 1. The predicted octanol–water partition coefficient (Wildman–Crippen LogP) is 2.11. The van der Waals surface area contributed by atoms with Gasteiger partial charge in [-0.2, -0.15) is 0 Å². The van der Waals surface area contributed by atoms with Gasteiger partial charge in [0, 0.05) is 24.9 Å². The van der Waals surface area contributed by atoms with Crippen molar-refractivity contribution in [1.29, 1.82) is 0 Å². The number of anilines is 1. The molecule has 1 unspecified atom stereocenters. The Morgan fingerprint density at radius 1 is 1.47 bits per heavy atom. The van der Waals surface area contributed by atoms with Gasteiger partial charge in [0.15, 0.2) is 0 Å². The van der Waals surface area contributed by atoms with E-state index >= 15 is 0 Å². The molecule has 4 heteroatoms. The summed E-state index contributed by atoms with van der Waals surface area (Å²) in [6.45, 7) is 3.40. The summed E-state index contributed by atoms with van der Waals surface area (Å²) in [7, 11) is 1.97. The third-order valence-electron chi connectivity index (χ3n) is 3.56. The van der Waals surface area contributed by atoms with Crippen LogP contribution in [0.5, 0.6) is 0 Å². The molecule has 2 rings (SSSR count). The number of benzene rings is 1. The van der Waals surface area contributed by atoms with Crippen molar-refractivity contribution < 1.29 is 9.53 Å². The zero-order valence-electron chi connectivity index (χ0n) is 11.7. The summed E-state index contributed by atoms with van der Waals surface area (Å²) in [5.74, 6) is 0.0473. The summed E-state index contributed by atoms with van der Waals surface area (Å²) in [6.07, 6.45) is 2.05. The number of ether oxygens (including phenoxy) is 1. The maximum Gasteiger partial charge on any atom is 0.252 e. The molecule has 1 aromatic rings. The zero-order valence-corrected chi connectivity index (χ0v) is 11.7. The topological polar surface area (TPSA) is 41.6 Å². The van der Waals surface area contributed by atoms with Crippen molar-refractivity contribution in [2.75, 3.05) is 31.7 Å². The van der Waals surface area contributed by atoms with Crippen LogP contribution in [0.1, 0.15) is 31.4 Å². The molecule has 0 fully saturated rings. The molecule has 1 atom stereocenters. The normalized spacial score (nSPS) is 18.8. The van der Waals surface area contributed by atoms with Crippen LogP contribution in [-0.4, -0.2) is 32.7 Å². The Balaban J connectivity index is 2.27. The molecule has 0 saturated carbocycles. The Kier molecular flexibility index (Phi) is 4.93. The van der Waals surface area contributed by atoms with Crippen molar-refractivity contribution in [3.05, 3.63) is 29.8 Å². The maximum absolute atomic E-state index is 12.2. The lowest BCUT2D eigenvalue weighted by Gasteiger charge is -2.24. The van der Waals surface area contributed by atoms with E-state index in [1.807, 2.05) is 37.1 Å². The molecule has 0 bridgehead atoms. The SMILES string of the molecule is CCOCC(=O)N1CCCC(NC)c2ccccc21. The van der Waals surface area contributed by atoms with Crippen LogP contribution in [-0.2, 0) is 9.53 Å². The standard InChI is InChI=1S/C15H22N2O2/c1-3-19-11-15(18)17-10-6-8-13(16-2)12-7-4-5-9-14(12)17/h4-5,7,9,13,16H,3,6,8,10-11H2,1-2H3. The quantitative estimate of drug-likeness (QED) is 0.903. The molecule has 1 aliphatic rings. The Morgan fingerprint density at radius 2 is 2.26 bits per heavy atom. The number of para-hydroxylation sites is 1. The van der Waals surface area contributed by atoms with Gasteiger partial charge in [-0.25, -0.2) is 0 Å². The van der Waals surface area contributed by atoms with E-state index in [9.17, 15) is 4.79 Å². The fourth-order valence-electron chi connectivity index (χ4n) is 2.58. The summed E-state index contributed by atoms with van der Waals surface area (Å²) in [5, 5.41) is 3.33. The Hall–Kier alpha value is -1.39. The van der Waals surface area contributed by atoms with Crippen LogP contribution in [0, 0.1) is 0 Å². The Morgan fingerprint density at radius 3 is 3.00 bits per heavy atom. The molecule has 1 N–H and O–H groups in total. The highest BCUT2D eigenvalue weighted by molar-refractivity contribution is 5.95. The second kappa shape index (κ2) is 6.68. The van der Waals surface area contributed by atoms with E-state index in [4.69, 9.17) is 4.74 Å². The number of amides is 1. The zero-order chi connectivity index (χ0) is 13.7. The number of nitrogens with one attached hydrogen (secondary N) is 1. The van der Waals surface area contributed by atoms with Gasteiger partial charge in [0.05, 0.1) is 0 Å². The number of hydrogen-bond donors (Lipinski definition) is 1. The van der Waals surface area contributed by atoms with Crippen LogP contribution >= 0.6 is 0 Å². The molecule has 19 heavy (non-hydrogen) atoms. The third kappa shape index (κ3) is 3.14. The summed E-state index contributed by atoms with van der Waals surface area (Å²) >= 11 is 0. The van der Waals surface area contributed by atoms with E-state index in [1.165, 1.54) is 5.56 Å². The second-order valence-corrected chi connectivity index (χ2v) is 4.72. The van der Waals surface area contributed by atoms with Gasteiger partial charge in [-0.3, -0.25) is 4.79 Å². The van der Waals surface area contributed by atoms with Crippen molar-refractivity contribution in [2.45, 2.75) is 25.8 Å². The molecule has 0 aliphatic carbocycles. The highest BCUT2D eigenvalue weighted by atomic mass is 16.5. The smallest absolute Gasteiger partial charge is 0.252 e. The van der Waals surface area contributed by atoms with Crippen LogP contribution in [0.25, 0.3) is 0 Å². The average molecular weight is 262 g/mol. The average Bonchev–Trinajstić information content (AvgIpc) is 2.64. The van der Waals surface area contributed by atoms with Crippen molar-refractivity contribution in [3.63, 3.8) is 0 Å². The number of hydrogen-bond acceptors (Lipinski definition) is 3. The summed E-state index contributed by atoms with van der Waals surface area (Å²) in [6, 6.07) is 8.45. The number of rotatable bonds is 4. The van der Waals surface area contributed by atoms with Crippen LogP contribution in [0.3, 0.4) is 0 Å². The van der Waals surface area contributed by atoms with E-state index < -0.39 is 0 Å².